The van der Waals surface area contributed by atoms with Crippen molar-refractivity contribution in [1.29, 1.82) is 0 Å². The highest BCUT2D eigenvalue weighted by molar-refractivity contribution is 6.27. The molecule has 0 bridgehead atoms. The highest BCUT2D eigenvalue weighted by atomic mass is 19.1. The van der Waals surface area contributed by atoms with Crippen molar-refractivity contribution in [2.75, 3.05) is 32.8 Å². The number of nitrogens with zero attached hydrogens (tertiary/aromatic N) is 1. The van der Waals surface area contributed by atoms with E-state index in [0.717, 1.165) is 50.2 Å². The molecule has 0 atom stereocenters. The molecule has 0 saturated carbocycles. The fourth-order valence-electron chi connectivity index (χ4n) is 5.18. The summed E-state index contributed by atoms with van der Waals surface area (Å²) in [6, 6.07) is 19.4. The first-order valence-electron chi connectivity index (χ1n) is 14.3. The van der Waals surface area contributed by atoms with Gasteiger partial charge in [0.05, 0.1) is 19.6 Å². The van der Waals surface area contributed by atoms with Crippen LogP contribution < -0.4 is 4.74 Å². The molecule has 0 amide bonds. The molecule has 3 aromatic rings. The van der Waals surface area contributed by atoms with Gasteiger partial charge in [0, 0.05) is 6.54 Å². The largest absolute Gasteiger partial charge is 0.494 e. The van der Waals surface area contributed by atoms with Gasteiger partial charge in [-0.1, -0.05) is 36.4 Å². The van der Waals surface area contributed by atoms with Crippen molar-refractivity contribution in [3.63, 3.8) is 0 Å². The lowest BCUT2D eigenvalue weighted by Gasteiger charge is -2.42. The molecule has 236 valence electrons. The first-order valence-corrected chi connectivity index (χ1v) is 14.3. The number of hydrogen-bond donors (Lipinski definition) is 3. The van der Waals surface area contributed by atoms with Gasteiger partial charge < -0.3 is 29.7 Å². The van der Waals surface area contributed by atoms with Crippen molar-refractivity contribution >= 4 is 17.9 Å². The minimum atomic E-state index is -1.82. The average Bonchev–Trinajstić information content (AvgIpc) is 3.01. The number of aliphatic carboxylic acids is 2. The Hall–Kier alpha value is -4.35. The number of carboxylic acid groups (broad SMARTS) is 2. The lowest BCUT2D eigenvalue weighted by Crippen LogP contribution is -2.44. The zero-order valence-corrected chi connectivity index (χ0v) is 24.5. The van der Waals surface area contributed by atoms with Gasteiger partial charge in [0.15, 0.2) is 0 Å². The molecule has 4 rings (SSSR count). The van der Waals surface area contributed by atoms with Gasteiger partial charge in [-0.05, 0) is 98.3 Å². The Balaban J connectivity index is 0.000000801. The van der Waals surface area contributed by atoms with Gasteiger partial charge in [-0.25, -0.2) is 18.4 Å². The van der Waals surface area contributed by atoms with Crippen LogP contribution in [0.15, 0.2) is 72.8 Å². The summed E-state index contributed by atoms with van der Waals surface area (Å²) >= 11 is 0. The number of carbonyl (C=O) groups is 3. The van der Waals surface area contributed by atoms with Crippen molar-refractivity contribution in [3.05, 3.63) is 101 Å². The van der Waals surface area contributed by atoms with E-state index in [4.69, 9.17) is 29.3 Å². The molecule has 44 heavy (non-hydrogen) atoms. The number of ether oxygens (including phenoxy) is 2. The van der Waals surface area contributed by atoms with E-state index in [1.165, 1.54) is 24.3 Å². The highest BCUT2D eigenvalue weighted by Crippen LogP contribution is 2.42. The van der Waals surface area contributed by atoms with Crippen LogP contribution in [0.3, 0.4) is 0 Å². The van der Waals surface area contributed by atoms with Gasteiger partial charge >= 0.3 is 17.9 Å². The maximum absolute atomic E-state index is 13.6. The second-order valence-corrected chi connectivity index (χ2v) is 10.3. The first kappa shape index (κ1) is 34.1. The minimum Gasteiger partial charge on any atom is -0.494 e. The van der Waals surface area contributed by atoms with E-state index in [2.05, 4.69) is 4.90 Å². The Morgan fingerprint density at radius 2 is 1.34 bits per heavy atom. The third kappa shape index (κ3) is 9.85. The van der Waals surface area contributed by atoms with E-state index in [-0.39, 0.29) is 29.9 Å². The number of hydrogen-bond acceptors (Lipinski definition) is 7. The van der Waals surface area contributed by atoms with Crippen molar-refractivity contribution in [2.24, 2.45) is 5.92 Å². The van der Waals surface area contributed by atoms with Gasteiger partial charge in [0.25, 0.3) is 0 Å². The predicted molar refractivity (Wildman–Crippen MR) is 157 cm³/mol. The Morgan fingerprint density at radius 3 is 1.80 bits per heavy atom. The molecule has 0 radical (unpaired) electrons. The zero-order chi connectivity index (χ0) is 32.1. The van der Waals surface area contributed by atoms with Crippen LogP contribution in [-0.2, 0) is 31.1 Å². The number of halogens is 2. The van der Waals surface area contributed by atoms with Gasteiger partial charge in [-0.15, -0.1) is 0 Å². The number of likely N-dealkylation sites (tertiary alicyclic amines) is 1. The van der Waals surface area contributed by atoms with Crippen LogP contribution in [0.25, 0.3) is 0 Å². The number of carboxylic acids is 2. The molecule has 1 fully saturated rings. The van der Waals surface area contributed by atoms with Crippen LogP contribution >= 0.6 is 0 Å². The fraction of sp³-hybridized carbons (Fsp3) is 0.364. The molecule has 0 spiro atoms. The van der Waals surface area contributed by atoms with Crippen LogP contribution in [0.5, 0.6) is 5.75 Å². The topological polar surface area (TPSA) is 134 Å². The Kier molecular flexibility index (Phi) is 12.8. The van der Waals surface area contributed by atoms with Gasteiger partial charge in [-0.2, -0.15) is 0 Å². The molecule has 1 aliphatic rings. The van der Waals surface area contributed by atoms with Crippen LogP contribution in [-0.4, -0.2) is 71.0 Å². The van der Waals surface area contributed by atoms with E-state index in [1.807, 2.05) is 24.3 Å². The molecule has 3 N–H and O–H groups in total. The maximum Gasteiger partial charge on any atom is 0.414 e. The normalized spacial score (nSPS) is 13.8. The molecule has 0 unspecified atom stereocenters. The zero-order valence-electron chi connectivity index (χ0n) is 24.5. The number of esters is 1. The molecule has 1 heterocycles. The van der Waals surface area contributed by atoms with Gasteiger partial charge in [0.2, 0.25) is 0 Å². The number of aliphatic hydroxyl groups is 1. The van der Waals surface area contributed by atoms with E-state index < -0.39 is 17.5 Å². The van der Waals surface area contributed by atoms with Crippen molar-refractivity contribution in [1.82, 2.24) is 4.90 Å². The quantitative estimate of drug-likeness (QED) is 0.161. The number of carbonyl (C=O) groups excluding carboxylic acids is 1. The first-order chi connectivity index (χ1) is 21.0. The van der Waals surface area contributed by atoms with E-state index in [0.29, 0.717) is 24.3 Å². The molecule has 9 nitrogen and oxygen atoms in total. The van der Waals surface area contributed by atoms with Crippen molar-refractivity contribution in [2.45, 2.75) is 38.2 Å². The molecule has 1 aliphatic heterocycles. The molecule has 0 aromatic heterocycles. The summed E-state index contributed by atoms with van der Waals surface area (Å²) in [5.41, 5.74) is 0.798. The predicted octanol–water partition coefficient (Wildman–Crippen LogP) is 4.64. The Labute approximate surface area is 254 Å². The van der Waals surface area contributed by atoms with Crippen LogP contribution in [0.1, 0.15) is 42.9 Å². The summed E-state index contributed by atoms with van der Waals surface area (Å²) in [7, 11) is 0. The monoisotopic (exact) mass is 613 g/mol. The second kappa shape index (κ2) is 16.5. The Morgan fingerprint density at radius 1 is 0.841 bits per heavy atom. The fourth-order valence-corrected chi connectivity index (χ4v) is 5.18. The number of piperidine rings is 1. The Bertz CT molecular complexity index is 1300. The lowest BCUT2D eigenvalue weighted by molar-refractivity contribution is -0.159. The summed E-state index contributed by atoms with van der Waals surface area (Å²) in [5, 5.41) is 26.8. The number of benzene rings is 3. The third-order valence-corrected chi connectivity index (χ3v) is 7.39. The molecular formula is C33H37F2NO8. The summed E-state index contributed by atoms with van der Waals surface area (Å²) in [5.74, 6) is -3.93. The summed E-state index contributed by atoms with van der Waals surface area (Å²) in [4.78, 5) is 32.2. The SMILES string of the molecule is CCOC(=O)Cc1ccc(OCCCN2CCC(C(O)(c3ccc(F)cc3)c3ccc(F)cc3)CC2)cc1.O=C(O)C(=O)O. The standard InChI is InChI=1S/C31H35F2NO4.C2H2O4/c1-2-37-30(35)22-23-4-14-29(15-5-23)38-21-3-18-34-19-16-26(17-20-34)31(36,24-6-10-27(32)11-7-24)25-8-12-28(33)13-9-25;3-1(4)2(5)6/h4-15,26,36H,2-3,16-22H2,1H3;(H,3,4)(H,5,6). The molecular weight excluding hydrogens is 576 g/mol. The second-order valence-electron chi connectivity index (χ2n) is 10.3. The molecule has 1 saturated heterocycles. The highest BCUT2D eigenvalue weighted by Gasteiger charge is 2.41. The van der Waals surface area contributed by atoms with Crippen molar-refractivity contribution in [3.8, 4) is 5.75 Å². The minimum absolute atomic E-state index is 0.0842. The maximum atomic E-state index is 13.6. The summed E-state index contributed by atoms with van der Waals surface area (Å²) in [6.07, 6.45) is 2.62. The molecule has 3 aromatic carbocycles. The van der Waals surface area contributed by atoms with E-state index in [9.17, 15) is 18.7 Å². The molecule has 0 aliphatic carbocycles. The van der Waals surface area contributed by atoms with E-state index >= 15 is 0 Å². The van der Waals surface area contributed by atoms with Crippen LogP contribution in [0, 0.1) is 17.6 Å². The van der Waals surface area contributed by atoms with E-state index in [1.54, 1.807) is 31.2 Å². The van der Waals surface area contributed by atoms with Gasteiger partial charge in [-0.3, -0.25) is 4.79 Å². The van der Waals surface area contributed by atoms with Gasteiger partial charge in [0.1, 0.15) is 23.0 Å². The lowest BCUT2D eigenvalue weighted by atomic mass is 9.72. The summed E-state index contributed by atoms with van der Waals surface area (Å²) < 4.78 is 38.1. The number of rotatable bonds is 11. The van der Waals surface area contributed by atoms with Crippen LogP contribution in [0.4, 0.5) is 8.78 Å². The summed E-state index contributed by atoms with van der Waals surface area (Å²) in [6.45, 7) is 5.25. The molecule has 11 heteroatoms. The van der Waals surface area contributed by atoms with Crippen LogP contribution in [0.2, 0.25) is 0 Å². The average molecular weight is 614 g/mol. The smallest absolute Gasteiger partial charge is 0.414 e. The van der Waals surface area contributed by atoms with Crippen molar-refractivity contribution < 1.29 is 48.0 Å². The third-order valence-electron chi connectivity index (χ3n) is 7.39.